The molecule has 11 heavy (non-hydrogen) atoms. The number of hydrogen-bond acceptors (Lipinski definition) is 2. The molecule has 0 fully saturated rings. The van der Waals surface area contributed by atoms with Gasteiger partial charge in [0.2, 0.25) is 0 Å². The van der Waals surface area contributed by atoms with E-state index >= 15 is 0 Å². The topological polar surface area (TPSA) is 23.8 Å². The maximum atomic E-state index is 13.0. The lowest BCUT2D eigenvalue weighted by Gasteiger charge is -2.00. The van der Waals surface area contributed by atoms with E-state index in [9.17, 15) is 4.39 Å². The van der Waals surface area contributed by atoms with E-state index in [0.717, 1.165) is 0 Å². The third kappa shape index (κ3) is 1.36. The van der Waals surface area contributed by atoms with Crippen molar-refractivity contribution in [1.82, 2.24) is 0 Å². The van der Waals surface area contributed by atoms with Gasteiger partial charge in [-0.15, -0.1) is 12.6 Å². The van der Waals surface area contributed by atoms with E-state index in [0.29, 0.717) is 10.5 Å². The molecule has 3 heteroatoms. The van der Waals surface area contributed by atoms with Gasteiger partial charge in [0, 0.05) is 4.90 Å². The van der Waals surface area contributed by atoms with Crippen LogP contribution in [0.25, 0.3) is 0 Å². The molecule has 0 heterocycles. The van der Waals surface area contributed by atoms with E-state index in [4.69, 9.17) is 5.26 Å². The van der Waals surface area contributed by atoms with Crippen LogP contribution < -0.4 is 0 Å². The summed E-state index contributed by atoms with van der Waals surface area (Å²) in [7, 11) is 0. The van der Waals surface area contributed by atoms with E-state index in [1.54, 1.807) is 19.1 Å². The maximum absolute atomic E-state index is 13.0. The number of thiol groups is 1. The van der Waals surface area contributed by atoms with Crippen molar-refractivity contribution in [2.24, 2.45) is 0 Å². The predicted molar refractivity (Wildman–Crippen MR) is 43.1 cm³/mol. The van der Waals surface area contributed by atoms with Crippen molar-refractivity contribution >= 4 is 12.6 Å². The Labute approximate surface area is 69.9 Å². The van der Waals surface area contributed by atoms with Gasteiger partial charge in [-0.05, 0) is 24.6 Å². The van der Waals surface area contributed by atoms with Crippen molar-refractivity contribution in [3.05, 3.63) is 29.1 Å². The zero-order valence-electron chi connectivity index (χ0n) is 5.93. The molecule has 0 saturated heterocycles. The largest absolute Gasteiger partial charge is 0.205 e. The molecule has 1 aromatic carbocycles. The van der Waals surface area contributed by atoms with E-state index in [-0.39, 0.29) is 5.56 Å². The Morgan fingerprint density at radius 3 is 2.73 bits per heavy atom. The van der Waals surface area contributed by atoms with Crippen LogP contribution in [0.3, 0.4) is 0 Å². The quantitative estimate of drug-likeness (QED) is 0.589. The first kappa shape index (κ1) is 8.09. The number of nitriles is 1. The standard InChI is InChI=1S/C8H6FNS/c1-5-7(11)3-2-6(4-10)8(5)9/h2-3,11H,1H3. The lowest BCUT2D eigenvalue weighted by Crippen LogP contribution is -1.89. The summed E-state index contributed by atoms with van der Waals surface area (Å²) in [5, 5.41) is 8.42. The predicted octanol–water partition coefficient (Wildman–Crippen LogP) is 2.29. The molecular formula is C8H6FNS. The van der Waals surface area contributed by atoms with Gasteiger partial charge in [0.15, 0.2) is 0 Å². The van der Waals surface area contributed by atoms with Crippen LogP contribution in [-0.4, -0.2) is 0 Å². The highest BCUT2D eigenvalue weighted by Gasteiger charge is 2.05. The van der Waals surface area contributed by atoms with E-state index < -0.39 is 5.82 Å². The minimum atomic E-state index is -0.472. The third-order valence-electron chi connectivity index (χ3n) is 1.48. The van der Waals surface area contributed by atoms with E-state index in [1.807, 2.05) is 0 Å². The highest BCUT2D eigenvalue weighted by molar-refractivity contribution is 7.80. The van der Waals surface area contributed by atoms with Gasteiger partial charge in [0.05, 0.1) is 5.56 Å². The number of nitrogens with zero attached hydrogens (tertiary/aromatic N) is 1. The van der Waals surface area contributed by atoms with Crippen LogP contribution >= 0.6 is 12.6 Å². The van der Waals surface area contributed by atoms with Crippen molar-refractivity contribution in [3.63, 3.8) is 0 Å². The molecule has 0 aliphatic carbocycles. The fourth-order valence-corrected chi connectivity index (χ4v) is 0.934. The average Bonchev–Trinajstić information content (AvgIpc) is 2.01. The lowest BCUT2D eigenvalue weighted by molar-refractivity contribution is 0.610. The second-order valence-electron chi connectivity index (χ2n) is 2.18. The van der Waals surface area contributed by atoms with Crippen LogP contribution in [0.5, 0.6) is 0 Å². The van der Waals surface area contributed by atoms with Crippen LogP contribution in [0.4, 0.5) is 4.39 Å². The Hall–Kier alpha value is -1.01. The zero-order chi connectivity index (χ0) is 8.43. The van der Waals surface area contributed by atoms with Gasteiger partial charge in [0.1, 0.15) is 11.9 Å². The van der Waals surface area contributed by atoms with Crippen molar-refractivity contribution < 1.29 is 4.39 Å². The van der Waals surface area contributed by atoms with Gasteiger partial charge >= 0.3 is 0 Å². The summed E-state index contributed by atoms with van der Waals surface area (Å²) < 4.78 is 13.0. The molecule has 0 aromatic heterocycles. The molecule has 0 radical (unpaired) electrons. The summed E-state index contributed by atoms with van der Waals surface area (Å²) in [6.07, 6.45) is 0. The van der Waals surface area contributed by atoms with Crippen LogP contribution in [0, 0.1) is 24.1 Å². The van der Waals surface area contributed by atoms with Gasteiger partial charge in [-0.1, -0.05) is 0 Å². The molecule has 0 unspecified atom stereocenters. The number of halogens is 1. The minimum absolute atomic E-state index is 0.0697. The van der Waals surface area contributed by atoms with Crippen LogP contribution in [0.2, 0.25) is 0 Å². The molecule has 1 rings (SSSR count). The summed E-state index contributed by atoms with van der Waals surface area (Å²) in [4.78, 5) is 0.571. The fraction of sp³-hybridized carbons (Fsp3) is 0.125. The molecule has 0 amide bonds. The summed E-state index contributed by atoms with van der Waals surface area (Å²) in [6.45, 7) is 1.60. The van der Waals surface area contributed by atoms with Crippen LogP contribution in [0.1, 0.15) is 11.1 Å². The van der Waals surface area contributed by atoms with E-state index in [2.05, 4.69) is 12.6 Å². The molecule has 0 saturated carbocycles. The first-order valence-electron chi connectivity index (χ1n) is 3.05. The molecule has 0 spiro atoms. The monoisotopic (exact) mass is 167 g/mol. The van der Waals surface area contributed by atoms with Gasteiger partial charge in [-0.25, -0.2) is 4.39 Å². The molecule has 1 nitrogen and oxygen atoms in total. The van der Waals surface area contributed by atoms with Crippen molar-refractivity contribution in [3.8, 4) is 6.07 Å². The first-order valence-corrected chi connectivity index (χ1v) is 3.49. The second kappa shape index (κ2) is 2.93. The Kier molecular flexibility index (Phi) is 2.16. The highest BCUT2D eigenvalue weighted by atomic mass is 32.1. The van der Waals surface area contributed by atoms with Gasteiger partial charge in [-0.2, -0.15) is 5.26 Å². The molecular weight excluding hydrogens is 161 g/mol. The van der Waals surface area contributed by atoms with Crippen LogP contribution in [-0.2, 0) is 0 Å². The Morgan fingerprint density at radius 2 is 2.18 bits per heavy atom. The van der Waals surface area contributed by atoms with Crippen LogP contribution in [0.15, 0.2) is 17.0 Å². The van der Waals surface area contributed by atoms with Gasteiger partial charge < -0.3 is 0 Å². The molecule has 0 atom stereocenters. The Balaban J connectivity index is 3.40. The minimum Gasteiger partial charge on any atom is -0.205 e. The summed E-state index contributed by atoms with van der Waals surface area (Å²) in [5.41, 5.74) is 0.493. The molecule has 0 aliphatic heterocycles. The van der Waals surface area contributed by atoms with Crippen molar-refractivity contribution in [2.75, 3.05) is 0 Å². The Bertz CT molecular complexity index is 328. The van der Waals surface area contributed by atoms with Gasteiger partial charge in [0.25, 0.3) is 0 Å². The fourth-order valence-electron chi connectivity index (χ4n) is 0.761. The number of benzene rings is 1. The smallest absolute Gasteiger partial charge is 0.144 e. The van der Waals surface area contributed by atoms with Crippen molar-refractivity contribution in [1.29, 1.82) is 5.26 Å². The summed E-state index contributed by atoms with van der Waals surface area (Å²) in [6, 6.07) is 4.79. The molecule has 1 aromatic rings. The van der Waals surface area contributed by atoms with Crippen molar-refractivity contribution in [2.45, 2.75) is 11.8 Å². The second-order valence-corrected chi connectivity index (χ2v) is 2.66. The van der Waals surface area contributed by atoms with Gasteiger partial charge in [-0.3, -0.25) is 0 Å². The molecule has 0 aliphatic rings. The average molecular weight is 167 g/mol. The van der Waals surface area contributed by atoms with E-state index in [1.165, 1.54) is 6.07 Å². The molecule has 56 valence electrons. The normalized spacial score (nSPS) is 9.27. The maximum Gasteiger partial charge on any atom is 0.144 e. The lowest BCUT2D eigenvalue weighted by atomic mass is 10.1. The molecule has 0 N–H and O–H groups in total. The number of hydrogen-bond donors (Lipinski definition) is 1. The highest BCUT2D eigenvalue weighted by Crippen LogP contribution is 2.18. The SMILES string of the molecule is Cc1c(S)ccc(C#N)c1F. The number of rotatable bonds is 0. The zero-order valence-corrected chi connectivity index (χ0v) is 6.82. The third-order valence-corrected chi connectivity index (χ3v) is 1.96. The first-order chi connectivity index (χ1) is 5.16. The summed E-state index contributed by atoms with van der Waals surface area (Å²) >= 11 is 4.00. The molecule has 0 bridgehead atoms. The summed E-state index contributed by atoms with van der Waals surface area (Å²) in [5.74, 6) is -0.472. The Morgan fingerprint density at radius 1 is 1.55 bits per heavy atom.